The lowest BCUT2D eigenvalue weighted by molar-refractivity contribution is 0.0293. The number of ether oxygens (including phenoxy) is 1. The number of amides is 1. The fourth-order valence-electron chi connectivity index (χ4n) is 3.30. The van der Waals surface area contributed by atoms with Crippen LogP contribution in [-0.4, -0.2) is 35.7 Å². The van der Waals surface area contributed by atoms with Crippen molar-refractivity contribution in [2.75, 3.05) is 18.4 Å². The molecule has 1 fully saturated rings. The van der Waals surface area contributed by atoms with Gasteiger partial charge in [-0.25, -0.2) is 9.18 Å². The Balaban J connectivity index is 1.84. The second-order valence-corrected chi connectivity index (χ2v) is 8.93. The summed E-state index contributed by atoms with van der Waals surface area (Å²) in [7, 11) is 0. The average molecular weight is 450 g/mol. The summed E-state index contributed by atoms with van der Waals surface area (Å²) in [4.78, 5) is 14.0. The van der Waals surface area contributed by atoms with Crippen LogP contribution in [0.25, 0.3) is 11.1 Å². The highest BCUT2D eigenvalue weighted by molar-refractivity contribution is 6.35. The number of benzene rings is 2. The van der Waals surface area contributed by atoms with Crippen LogP contribution in [0.1, 0.15) is 32.8 Å². The third kappa shape index (κ3) is 4.97. The molecule has 1 aliphatic heterocycles. The van der Waals surface area contributed by atoms with E-state index < -0.39 is 11.4 Å². The predicted molar refractivity (Wildman–Crippen MR) is 116 cm³/mol. The summed E-state index contributed by atoms with van der Waals surface area (Å²) in [5, 5.41) is 12.7. The summed E-state index contributed by atoms with van der Waals surface area (Å²) in [5.41, 5.74) is 1.44. The van der Waals surface area contributed by atoms with E-state index in [0.29, 0.717) is 41.9 Å². The van der Waals surface area contributed by atoms with Gasteiger partial charge < -0.3 is 15.0 Å². The Labute approximate surface area is 185 Å². The van der Waals surface area contributed by atoms with E-state index in [2.05, 4.69) is 5.32 Å². The first-order valence-electron chi connectivity index (χ1n) is 9.51. The molecule has 0 bridgehead atoms. The SMILES string of the molecule is CC(C)(C)OC(=O)N1CC[C@H](Nc2ccc(F)c(Cl)c2-c2ccc(C#N)c(Cl)c2)C1. The summed E-state index contributed by atoms with van der Waals surface area (Å²) in [6.07, 6.45) is 0.352. The van der Waals surface area contributed by atoms with Gasteiger partial charge in [0.05, 0.1) is 15.6 Å². The molecular formula is C22H22Cl2FN3O2. The van der Waals surface area contributed by atoms with Crippen molar-refractivity contribution in [3.63, 3.8) is 0 Å². The van der Waals surface area contributed by atoms with Gasteiger partial charge in [0, 0.05) is 30.4 Å². The van der Waals surface area contributed by atoms with E-state index in [1.807, 2.05) is 26.8 Å². The third-order valence-electron chi connectivity index (χ3n) is 4.67. The van der Waals surface area contributed by atoms with Crippen LogP contribution in [0.2, 0.25) is 10.0 Å². The number of carbonyl (C=O) groups is 1. The van der Waals surface area contributed by atoms with Crippen molar-refractivity contribution in [1.82, 2.24) is 4.90 Å². The van der Waals surface area contributed by atoms with E-state index in [9.17, 15) is 9.18 Å². The molecule has 30 heavy (non-hydrogen) atoms. The Kier molecular flexibility index (Phi) is 6.44. The summed E-state index contributed by atoms with van der Waals surface area (Å²) >= 11 is 12.5. The smallest absolute Gasteiger partial charge is 0.410 e. The zero-order chi connectivity index (χ0) is 22.1. The maximum Gasteiger partial charge on any atom is 0.410 e. The van der Waals surface area contributed by atoms with E-state index in [1.165, 1.54) is 6.07 Å². The molecule has 0 saturated carbocycles. The van der Waals surface area contributed by atoms with Crippen LogP contribution in [-0.2, 0) is 4.74 Å². The summed E-state index contributed by atoms with van der Waals surface area (Å²) in [6.45, 7) is 6.49. The van der Waals surface area contributed by atoms with Crippen LogP contribution >= 0.6 is 23.2 Å². The molecule has 8 heteroatoms. The lowest BCUT2D eigenvalue weighted by Gasteiger charge is -2.25. The number of anilines is 1. The number of carbonyl (C=O) groups excluding carboxylic acids is 1. The van der Waals surface area contributed by atoms with Crippen molar-refractivity contribution < 1.29 is 13.9 Å². The molecule has 0 unspecified atom stereocenters. The van der Waals surface area contributed by atoms with Crippen LogP contribution in [0, 0.1) is 17.1 Å². The molecule has 0 spiro atoms. The number of rotatable bonds is 3. The second kappa shape index (κ2) is 8.71. The highest BCUT2D eigenvalue weighted by Crippen LogP contribution is 2.39. The number of hydrogen-bond acceptors (Lipinski definition) is 4. The fourth-order valence-corrected chi connectivity index (χ4v) is 3.80. The zero-order valence-corrected chi connectivity index (χ0v) is 18.4. The first kappa shape index (κ1) is 22.2. The lowest BCUT2D eigenvalue weighted by Crippen LogP contribution is -2.36. The van der Waals surface area contributed by atoms with E-state index in [0.717, 1.165) is 0 Å². The summed E-state index contributed by atoms with van der Waals surface area (Å²) < 4.78 is 19.6. The molecule has 2 aromatic carbocycles. The maximum absolute atomic E-state index is 14.2. The molecule has 5 nitrogen and oxygen atoms in total. The lowest BCUT2D eigenvalue weighted by atomic mass is 10.0. The predicted octanol–water partition coefficient (Wildman–Crippen LogP) is 6.09. The molecule has 1 N–H and O–H groups in total. The van der Waals surface area contributed by atoms with Gasteiger partial charge in [-0.1, -0.05) is 29.3 Å². The first-order chi connectivity index (χ1) is 14.1. The molecule has 1 amide bonds. The van der Waals surface area contributed by atoms with Gasteiger partial charge in [-0.05, 0) is 57.0 Å². The van der Waals surface area contributed by atoms with E-state index in [4.69, 9.17) is 33.2 Å². The van der Waals surface area contributed by atoms with E-state index in [1.54, 1.807) is 29.2 Å². The van der Waals surface area contributed by atoms with Crippen molar-refractivity contribution in [1.29, 1.82) is 5.26 Å². The minimum Gasteiger partial charge on any atom is -0.444 e. The molecule has 2 aromatic rings. The fraction of sp³-hybridized carbons (Fsp3) is 0.364. The van der Waals surface area contributed by atoms with Gasteiger partial charge in [-0.2, -0.15) is 5.26 Å². The quantitative estimate of drug-likeness (QED) is 0.615. The minimum atomic E-state index is -0.560. The minimum absolute atomic E-state index is 0.0391. The van der Waals surface area contributed by atoms with Crippen LogP contribution in [0.5, 0.6) is 0 Å². The number of nitrogens with one attached hydrogen (secondary N) is 1. The Bertz CT molecular complexity index is 1010. The summed E-state index contributed by atoms with van der Waals surface area (Å²) in [5.74, 6) is -0.556. The average Bonchev–Trinajstić information content (AvgIpc) is 3.12. The monoisotopic (exact) mass is 449 g/mol. The van der Waals surface area contributed by atoms with Crippen molar-refractivity contribution in [3.8, 4) is 17.2 Å². The van der Waals surface area contributed by atoms with Crippen LogP contribution in [0.4, 0.5) is 14.9 Å². The number of nitrogens with zero attached hydrogens (tertiary/aromatic N) is 2. The number of nitriles is 1. The maximum atomic E-state index is 14.2. The van der Waals surface area contributed by atoms with Gasteiger partial charge in [-0.3, -0.25) is 0 Å². The third-order valence-corrected chi connectivity index (χ3v) is 5.35. The van der Waals surface area contributed by atoms with Gasteiger partial charge in [0.15, 0.2) is 0 Å². The Hall–Kier alpha value is -2.49. The molecule has 158 valence electrons. The van der Waals surface area contributed by atoms with Crippen LogP contribution in [0.3, 0.4) is 0 Å². The number of hydrogen-bond donors (Lipinski definition) is 1. The van der Waals surface area contributed by atoms with Gasteiger partial charge in [0.25, 0.3) is 0 Å². The molecular weight excluding hydrogens is 428 g/mol. The first-order valence-corrected chi connectivity index (χ1v) is 10.3. The molecule has 1 saturated heterocycles. The van der Waals surface area contributed by atoms with Gasteiger partial charge >= 0.3 is 6.09 Å². The van der Waals surface area contributed by atoms with Crippen LogP contribution in [0.15, 0.2) is 30.3 Å². The highest BCUT2D eigenvalue weighted by Gasteiger charge is 2.30. The molecule has 1 heterocycles. The van der Waals surface area contributed by atoms with Crippen LogP contribution < -0.4 is 5.32 Å². The zero-order valence-electron chi connectivity index (χ0n) is 16.9. The Morgan fingerprint density at radius 1 is 1.30 bits per heavy atom. The molecule has 0 radical (unpaired) electrons. The summed E-state index contributed by atoms with van der Waals surface area (Å²) in [6, 6.07) is 9.69. The van der Waals surface area contributed by atoms with Crippen molar-refractivity contribution >= 4 is 35.0 Å². The molecule has 1 aliphatic rings. The normalized spacial score (nSPS) is 16.3. The van der Waals surface area contributed by atoms with Gasteiger partial charge in [0.1, 0.15) is 17.5 Å². The van der Waals surface area contributed by atoms with Gasteiger partial charge in [0.2, 0.25) is 0 Å². The number of halogens is 3. The largest absolute Gasteiger partial charge is 0.444 e. The number of likely N-dealkylation sites (tertiary alicyclic amines) is 1. The van der Waals surface area contributed by atoms with E-state index >= 15 is 0 Å². The van der Waals surface area contributed by atoms with E-state index in [-0.39, 0.29) is 22.2 Å². The molecule has 0 aromatic heterocycles. The Morgan fingerprint density at radius 2 is 2.03 bits per heavy atom. The topological polar surface area (TPSA) is 65.4 Å². The van der Waals surface area contributed by atoms with Gasteiger partial charge in [-0.15, -0.1) is 0 Å². The highest BCUT2D eigenvalue weighted by atomic mass is 35.5. The molecule has 0 aliphatic carbocycles. The van der Waals surface area contributed by atoms with Crippen molar-refractivity contribution in [3.05, 3.63) is 51.8 Å². The standard InChI is InChI=1S/C22H22Cl2FN3O2/c1-22(2,3)30-21(29)28-9-8-15(12-28)27-18-7-6-17(25)20(24)19(18)13-4-5-14(11-26)16(23)10-13/h4-7,10,15,27H,8-9,12H2,1-3H3/t15-/m0/s1. The second-order valence-electron chi connectivity index (χ2n) is 8.15. The Morgan fingerprint density at radius 3 is 2.67 bits per heavy atom. The van der Waals surface area contributed by atoms with Crippen molar-refractivity contribution in [2.45, 2.75) is 38.8 Å². The van der Waals surface area contributed by atoms with Crippen molar-refractivity contribution in [2.24, 2.45) is 0 Å². The molecule has 1 atom stereocenters. The molecule has 3 rings (SSSR count).